The molecule has 0 aliphatic heterocycles. The van der Waals surface area contributed by atoms with E-state index in [-0.39, 0.29) is 5.91 Å². The van der Waals surface area contributed by atoms with Crippen LogP contribution in [0.3, 0.4) is 0 Å². The molecule has 0 unspecified atom stereocenters. The maximum atomic E-state index is 12.1. The molecule has 0 aliphatic rings. The molecular formula is C16H15N3O. The minimum absolute atomic E-state index is 0.163. The molecule has 20 heavy (non-hydrogen) atoms. The molecule has 4 nitrogen and oxygen atoms in total. The number of benzene rings is 2. The SMILES string of the molecule is Cc1cc2cc(NC(=O)c3cccc(N)c3)ccc2[nH]1. The van der Waals surface area contributed by atoms with Gasteiger partial charge in [-0.1, -0.05) is 6.07 Å². The van der Waals surface area contributed by atoms with Gasteiger partial charge in [0.2, 0.25) is 0 Å². The van der Waals surface area contributed by atoms with Crippen LogP contribution in [0.4, 0.5) is 11.4 Å². The number of carbonyl (C=O) groups excluding carboxylic acids is 1. The molecule has 3 aromatic rings. The first-order chi connectivity index (χ1) is 9.61. The van der Waals surface area contributed by atoms with E-state index in [2.05, 4.69) is 10.3 Å². The Bertz CT molecular complexity index is 789. The van der Waals surface area contributed by atoms with Crippen LogP contribution in [0.25, 0.3) is 10.9 Å². The summed E-state index contributed by atoms with van der Waals surface area (Å²) in [4.78, 5) is 15.4. The third-order valence-corrected chi connectivity index (χ3v) is 3.16. The number of aromatic amines is 1. The van der Waals surface area contributed by atoms with Crippen LogP contribution in [0.2, 0.25) is 0 Å². The Balaban J connectivity index is 1.87. The lowest BCUT2D eigenvalue weighted by Crippen LogP contribution is -2.11. The number of amides is 1. The number of carbonyl (C=O) groups is 1. The van der Waals surface area contributed by atoms with E-state index in [1.165, 1.54) is 0 Å². The Kier molecular flexibility index (Phi) is 2.91. The summed E-state index contributed by atoms with van der Waals surface area (Å²) in [5.74, 6) is -0.163. The van der Waals surface area contributed by atoms with Crippen molar-refractivity contribution >= 4 is 28.2 Å². The van der Waals surface area contributed by atoms with Crippen molar-refractivity contribution < 1.29 is 4.79 Å². The van der Waals surface area contributed by atoms with Crippen molar-refractivity contribution in [1.82, 2.24) is 4.98 Å². The highest BCUT2D eigenvalue weighted by Crippen LogP contribution is 2.20. The molecule has 0 atom stereocenters. The second kappa shape index (κ2) is 4.74. The molecule has 2 aromatic carbocycles. The van der Waals surface area contributed by atoms with Gasteiger partial charge in [0, 0.05) is 33.5 Å². The number of rotatable bonds is 2. The average Bonchev–Trinajstić information content (AvgIpc) is 2.78. The first kappa shape index (κ1) is 12.3. The zero-order valence-corrected chi connectivity index (χ0v) is 11.1. The van der Waals surface area contributed by atoms with Crippen LogP contribution < -0.4 is 11.1 Å². The lowest BCUT2D eigenvalue weighted by atomic mass is 10.1. The van der Waals surface area contributed by atoms with Gasteiger partial charge in [-0.2, -0.15) is 0 Å². The molecule has 0 fully saturated rings. The predicted molar refractivity (Wildman–Crippen MR) is 81.8 cm³/mol. The monoisotopic (exact) mass is 265 g/mol. The predicted octanol–water partition coefficient (Wildman–Crippen LogP) is 3.31. The minimum atomic E-state index is -0.163. The summed E-state index contributed by atoms with van der Waals surface area (Å²) >= 11 is 0. The van der Waals surface area contributed by atoms with Gasteiger partial charge in [0.1, 0.15) is 0 Å². The summed E-state index contributed by atoms with van der Waals surface area (Å²) in [6.07, 6.45) is 0. The quantitative estimate of drug-likeness (QED) is 0.622. The van der Waals surface area contributed by atoms with Crippen molar-refractivity contribution in [3.05, 3.63) is 59.8 Å². The number of hydrogen-bond acceptors (Lipinski definition) is 2. The molecule has 1 heterocycles. The highest BCUT2D eigenvalue weighted by Gasteiger charge is 2.07. The Morgan fingerprint density at radius 2 is 2.00 bits per heavy atom. The summed E-state index contributed by atoms with van der Waals surface area (Å²) in [5, 5.41) is 3.96. The van der Waals surface area contributed by atoms with Gasteiger partial charge in [0.05, 0.1) is 0 Å². The van der Waals surface area contributed by atoms with Crippen LogP contribution in [0, 0.1) is 6.92 Å². The van der Waals surface area contributed by atoms with Gasteiger partial charge < -0.3 is 16.0 Å². The molecule has 1 amide bonds. The number of anilines is 2. The van der Waals surface area contributed by atoms with E-state index >= 15 is 0 Å². The van der Waals surface area contributed by atoms with Crippen LogP contribution in [0.1, 0.15) is 16.1 Å². The van der Waals surface area contributed by atoms with E-state index in [9.17, 15) is 4.79 Å². The van der Waals surface area contributed by atoms with Crippen molar-refractivity contribution in [2.45, 2.75) is 6.92 Å². The Morgan fingerprint density at radius 3 is 2.80 bits per heavy atom. The third-order valence-electron chi connectivity index (χ3n) is 3.16. The molecule has 1 aromatic heterocycles. The number of fused-ring (bicyclic) bond motifs is 1. The van der Waals surface area contributed by atoms with Crippen molar-refractivity contribution in [3.8, 4) is 0 Å². The zero-order valence-electron chi connectivity index (χ0n) is 11.1. The molecular weight excluding hydrogens is 250 g/mol. The van der Waals surface area contributed by atoms with Crippen LogP contribution in [-0.4, -0.2) is 10.9 Å². The maximum Gasteiger partial charge on any atom is 0.255 e. The normalized spacial score (nSPS) is 10.7. The summed E-state index contributed by atoms with van der Waals surface area (Å²) in [6, 6.07) is 14.8. The van der Waals surface area contributed by atoms with Crippen LogP contribution >= 0.6 is 0 Å². The van der Waals surface area contributed by atoms with Crippen LogP contribution in [-0.2, 0) is 0 Å². The molecule has 0 saturated carbocycles. The number of nitrogens with one attached hydrogen (secondary N) is 2. The van der Waals surface area contributed by atoms with Gasteiger partial charge in [-0.05, 0) is 49.4 Å². The molecule has 0 radical (unpaired) electrons. The largest absolute Gasteiger partial charge is 0.399 e. The smallest absolute Gasteiger partial charge is 0.255 e. The van der Waals surface area contributed by atoms with Crippen LogP contribution in [0.5, 0.6) is 0 Å². The standard InChI is InChI=1S/C16H15N3O/c1-10-7-12-9-14(5-6-15(12)18-10)19-16(20)11-3-2-4-13(17)8-11/h2-9,18H,17H2,1H3,(H,19,20). The lowest BCUT2D eigenvalue weighted by Gasteiger charge is -2.06. The maximum absolute atomic E-state index is 12.1. The van der Waals surface area contributed by atoms with Crippen LogP contribution in [0.15, 0.2) is 48.5 Å². The zero-order chi connectivity index (χ0) is 14.1. The van der Waals surface area contributed by atoms with Crippen molar-refractivity contribution in [1.29, 1.82) is 0 Å². The van der Waals surface area contributed by atoms with E-state index in [1.807, 2.05) is 31.2 Å². The minimum Gasteiger partial charge on any atom is -0.399 e. The van der Waals surface area contributed by atoms with Crippen molar-refractivity contribution in [3.63, 3.8) is 0 Å². The van der Waals surface area contributed by atoms with E-state index in [4.69, 9.17) is 5.73 Å². The third kappa shape index (κ3) is 2.36. The molecule has 4 heteroatoms. The summed E-state index contributed by atoms with van der Waals surface area (Å²) in [7, 11) is 0. The molecule has 4 N–H and O–H groups in total. The van der Waals surface area contributed by atoms with Gasteiger partial charge in [-0.25, -0.2) is 0 Å². The fourth-order valence-electron chi connectivity index (χ4n) is 2.24. The van der Waals surface area contributed by atoms with Crippen molar-refractivity contribution in [2.75, 3.05) is 11.1 Å². The van der Waals surface area contributed by atoms with E-state index in [0.717, 1.165) is 22.3 Å². The number of aromatic nitrogens is 1. The van der Waals surface area contributed by atoms with E-state index < -0.39 is 0 Å². The summed E-state index contributed by atoms with van der Waals surface area (Å²) in [5.41, 5.74) is 9.74. The molecule has 0 bridgehead atoms. The Hall–Kier alpha value is -2.75. The molecule has 0 saturated heterocycles. The molecule has 3 rings (SSSR count). The highest BCUT2D eigenvalue weighted by atomic mass is 16.1. The summed E-state index contributed by atoms with van der Waals surface area (Å²) < 4.78 is 0. The van der Waals surface area contributed by atoms with Gasteiger partial charge in [-0.15, -0.1) is 0 Å². The molecule has 100 valence electrons. The molecule has 0 aliphatic carbocycles. The number of hydrogen-bond donors (Lipinski definition) is 3. The van der Waals surface area contributed by atoms with Gasteiger partial charge in [-0.3, -0.25) is 4.79 Å². The van der Waals surface area contributed by atoms with Gasteiger partial charge >= 0.3 is 0 Å². The number of H-pyrrole nitrogens is 1. The second-order valence-corrected chi connectivity index (χ2v) is 4.83. The molecule has 0 spiro atoms. The topological polar surface area (TPSA) is 70.9 Å². The highest BCUT2D eigenvalue weighted by molar-refractivity contribution is 6.05. The average molecular weight is 265 g/mol. The number of nitrogen functional groups attached to an aromatic ring is 1. The first-order valence-electron chi connectivity index (χ1n) is 6.38. The Labute approximate surface area is 116 Å². The van der Waals surface area contributed by atoms with E-state index in [0.29, 0.717) is 11.3 Å². The van der Waals surface area contributed by atoms with E-state index in [1.54, 1.807) is 24.3 Å². The van der Waals surface area contributed by atoms with Gasteiger partial charge in [0.25, 0.3) is 5.91 Å². The lowest BCUT2D eigenvalue weighted by molar-refractivity contribution is 0.102. The fourth-order valence-corrected chi connectivity index (χ4v) is 2.24. The summed E-state index contributed by atoms with van der Waals surface area (Å²) in [6.45, 7) is 2.00. The van der Waals surface area contributed by atoms with Gasteiger partial charge in [0.15, 0.2) is 0 Å². The number of aryl methyl sites for hydroxylation is 1. The first-order valence-corrected chi connectivity index (χ1v) is 6.38. The number of nitrogens with two attached hydrogens (primary N) is 1. The fraction of sp³-hybridized carbons (Fsp3) is 0.0625. The Morgan fingerprint density at radius 1 is 1.15 bits per heavy atom. The second-order valence-electron chi connectivity index (χ2n) is 4.83. The van der Waals surface area contributed by atoms with Crippen molar-refractivity contribution in [2.24, 2.45) is 0 Å².